The highest BCUT2D eigenvalue weighted by Gasteiger charge is 2.35. The van der Waals surface area contributed by atoms with Crippen LogP contribution < -0.4 is 10.2 Å². The Kier molecular flexibility index (Phi) is 4.05. The minimum Gasteiger partial charge on any atom is -0.355 e. The van der Waals surface area contributed by atoms with Gasteiger partial charge in [-0.15, -0.1) is 10.2 Å². The molecular formula is C22H24N8. The number of nitrogens with zero attached hydrogens (tertiary/aromatic N) is 5. The van der Waals surface area contributed by atoms with Crippen LogP contribution in [0.3, 0.4) is 0 Å². The van der Waals surface area contributed by atoms with Gasteiger partial charge in [-0.05, 0) is 49.4 Å². The van der Waals surface area contributed by atoms with Crippen LogP contribution in [0.4, 0.5) is 5.82 Å². The van der Waals surface area contributed by atoms with Gasteiger partial charge in [0.25, 0.3) is 0 Å². The summed E-state index contributed by atoms with van der Waals surface area (Å²) in [7, 11) is 2.14. The number of anilines is 1. The summed E-state index contributed by atoms with van der Waals surface area (Å²) in [5.74, 6) is 0.931. The van der Waals surface area contributed by atoms with Crippen LogP contribution in [0.25, 0.3) is 33.3 Å². The van der Waals surface area contributed by atoms with E-state index in [1.807, 2.05) is 18.6 Å². The Morgan fingerprint density at radius 1 is 0.933 bits per heavy atom. The first-order valence-electron chi connectivity index (χ1n) is 10.5. The molecule has 30 heavy (non-hydrogen) atoms. The molecule has 0 aliphatic carbocycles. The van der Waals surface area contributed by atoms with Gasteiger partial charge in [0.2, 0.25) is 0 Å². The fourth-order valence-corrected chi connectivity index (χ4v) is 5.09. The standard InChI is InChI=1S/C22H24N8/c1-30(16-8-14-2-3-15(9-16)26-14)21-7-6-20(27-28-21)18-5-4-17(13-10-23-24-11-13)19-12-25-29-22(18)19/h4-7,10-12,14-16,26H,2-3,8-9H2,1H3,(H,23,24)(H,25,29)/t14-,15+,16?. The smallest absolute Gasteiger partial charge is 0.151 e. The van der Waals surface area contributed by atoms with Crippen molar-refractivity contribution in [3.63, 3.8) is 0 Å². The van der Waals surface area contributed by atoms with Crippen LogP contribution in [-0.2, 0) is 0 Å². The van der Waals surface area contributed by atoms with E-state index in [9.17, 15) is 0 Å². The topological polar surface area (TPSA) is 98.4 Å². The maximum atomic E-state index is 4.57. The van der Waals surface area contributed by atoms with Crippen LogP contribution in [0.2, 0.25) is 0 Å². The molecule has 3 aromatic heterocycles. The van der Waals surface area contributed by atoms with E-state index in [4.69, 9.17) is 0 Å². The second-order valence-electron chi connectivity index (χ2n) is 8.46. The number of hydrogen-bond donors (Lipinski definition) is 3. The lowest BCUT2D eigenvalue weighted by Gasteiger charge is -2.36. The van der Waals surface area contributed by atoms with Crippen molar-refractivity contribution in [3.8, 4) is 22.4 Å². The lowest BCUT2D eigenvalue weighted by atomic mass is 9.98. The highest BCUT2D eigenvalue weighted by Crippen LogP contribution is 2.34. The van der Waals surface area contributed by atoms with Crippen LogP contribution in [0.15, 0.2) is 42.9 Å². The molecule has 3 atom stereocenters. The molecular weight excluding hydrogens is 376 g/mol. The molecule has 5 heterocycles. The molecule has 8 nitrogen and oxygen atoms in total. The molecule has 0 radical (unpaired) electrons. The third-order valence-corrected chi connectivity index (χ3v) is 6.71. The van der Waals surface area contributed by atoms with Gasteiger partial charge in [0, 0.05) is 47.9 Å². The maximum absolute atomic E-state index is 4.57. The number of nitrogens with one attached hydrogen (secondary N) is 3. The first kappa shape index (κ1) is 17.6. The molecule has 3 N–H and O–H groups in total. The molecule has 4 aromatic rings. The second kappa shape index (κ2) is 6.91. The van der Waals surface area contributed by atoms with Gasteiger partial charge in [0.1, 0.15) is 0 Å². The van der Waals surface area contributed by atoms with E-state index in [1.54, 1.807) is 0 Å². The molecule has 1 unspecified atom stereocenters. The number of H-pyrrole nitrogens is 2. The van der Waals surface area contributed by atoms with E-state index in [0.717, 1.165) is 39.1 Å². The summed E-state index contributed by atoms with van der Waals surface area (Å²) in [6, 6.07) is 10.1. The fourth-order valence-electron chi connectivity index (χ4n) is 5.09. The molecule has 2 aliphatic heterocycles. The number of aromatic amines is 2. The molecule has 2 fully saturated rings. The van der Waals surface area contributed by atoms with Gasteiger partial charge in [0.05, 0.1) is 23.6 Å². The summed E-state index contributed by atoms with van der Waals surface area (Å²) in [5, 5.41) is 28.2. The Balaban J connectivity index is 1.30. The SMILES string of the molecule is CN(c1ccc(-c2ccc(-c3cn[nH]c3)c3cn[nH]c23)nn1)C1C[C@H]2CC[C@@H](C1)N2. The number of rotatable bonds is 4. The van der Waals surface area contributed by atoms with Crippen molar-refractivity contribution in [2.45, 2.75) is 43.8 Å². The monoisotopic (exact) mass is 400 g/mol. The Labute approximate surface area is 174 Å². The first-order valence-corrected chi connectivity index (χ1v) is 10.5. The van der Waals surface area contributed by atoms with Crippen molar-refractivity contribution in [2.24, 2.45) is 0 Å². The van der Waals surface area contributed by atoms with Gasteiger partial charge in [0.15, 0.2) is 5.82 Å². The van der Waals surface area contributed by atoms with Crippen molar-refractivity contribution in [2.75, 3.05) is 11.9 Å². The zero-order valence-electron chi connectivity index (χ0n) is 16.8. The van der Waals surface area contributed by atoms with Crippen LogP contribution >= 0.6 is 0 Å². The van der Waals surface area contributed by atoms with Gasteiger partial charge >= 0.3 is 0 Å². The minimum absolute atomic E-state index is 0.525. The third-order valence-electron chi connectivity index (χ3n) is 6.71. The Hall–Kier alpha value is -3.26. The zero-order chi connectivity index (χ0) is 20.1. The molecule has 8 heteroatoms. The van der Waals surface area contributed by atoms with Crippen molar-refractivity contribution in [1.82, 2.24) is 35.9 Å². The first-order chi connectivity index (χ1) is 14.8. The van der Waals surface area contributed by atoms with Gasteiger partial charge in [-0.1, -0.05) is 6.07 Å². The second-order valence-corrected chi connectivity index (χ2v) is 8.46. The molecule has 152 valence electrons. The third kappa shape index (κ3) is 2.87. The summed E-state index contributed by atoms with van der Waals surface area (Å²) in [6.07, 6.45) is 10.5. The van der Waals surface area contributed by atoms with Crippen LogP contribution in [0.5, 0.6) is 0 Å². The lowest BCUT2D eigenvalue weighted by Crippen LogP contribution is -2.47. The normalized spacial score (nSPS) is 23.2. The van der Waals surface area contributed by atoms with Crippen molar-refractivity contribution < 1.29 is 0 Å². The van der Waals surface area contributed by atoms with E-state index in [0.29, 0.717) is 18.1 Å². The Morgan fingerprint density at radius 3 is 2.50 bits per heavy atom. The predicted octanol–water partition coefficient (Wildman–Crippen LogP) is 3.13. The van der Waals surface area contributed by atoms with E-state index in [2.05, 4.69) is 72.1 Å². The van der Waals surface area contributed by atoms with E-state index in [-0.39, 0.29) is 0 Å². The summed E-state index contributed by atoms with van der Waals surface area (Å²) in [5.41, 5.74) is 4.91. The van der Waals surface area contributed by atoms with E-state index < -0.39 is 0 Å². The van der Waals surface area contributed by atoms with Gasteiger partial charge in [-0.3, -0.25) is 10.2 Å². The average Bonchev–Trinajstić information content (AvgIpc) is 3.54. The average molecular weight is 400 g/mol. The quantitative estimate of drug-likeness (QED) is 0.487. The van der Waals surface area contributed by atoms with Crippen molar-refractivity contribution in [3.05, 3.63) is 42.9 Å². The largest absolute Gasteiger partial charge is 0.355 e. The number of piperidine rings is 1. The van der Waals surface area contributed by atoms with Crippen LogP contribution in [0, 0.1) is 0 Å². The van der Waals surface area contributed by atoms with Gasteiger partial charge in [-0.2, -0.15) is 10.2 Å². The zero-order valence-corrected chi connectivity index (χ0v) is 16.8. The van der Waals surface area contributed by atoms with Crippen molar-refractivity contribution in [1.29, 1.82) is 0 Å². The molecule has 0 amide bonds. The number of fused-ring (bicyclic) bond motifs is 3. The van der Waals surface area contributed by atoms with Crippen LogP contribution in [0.1, 0.15) is 25.7 Å². The number of hydrogen-bond acceptors (Lipinski definition) is 6. The number of aromatic nitrogens is 6. The highest BCUT2D eigenvalue weighted by atomic mass is 15.3. The van der Waals surface area contributed by atoms with Gasteiger partial charge < -0.3 is 10.2 Å². The van der Waals surface area contributed by atoms with Gasteiger partial charge in [-0.25, -0.2) is 0 Å². The molecule has 0 saturated carbocycles. The molecule has 0 spiro atoms. The molecule has 2 bridgehead atoms. The lowest BCUT2D eigenvalue weighted by molar-refractivity contribution is 0.353. The molecule has 2 saturated heterocycles. The predicted molar refractivity (Wildman–Crippen MR) is 116 cm³/mol. The van der Waals surface area contributed by atoms with E-state index >= 15 is 0 Å². The summed E-state index contributed by atoms with van der Waals surface area (Å²) in [4.78, 5) is 2.30. The van der Waals surface area contributed by atoms with Crippen LogP contribution in [-0.4, -0.2) is 55.8 Å². The van der Waals surface area contributed by atoms with Crippen molar-refractivity contribution >= 4 is 16.7 Å². The maximum Gasteiger partial charge on any atom is 0.151 e. The summed E-state index contributed by atoms with van der Waals surface area (Å²) < 4.78 is 0. The Bertz CT molecular complexity index is 1150. The molecule has 1 aromatic carbocycles. The number of benzene rings is 1. The molecule has 6 rings (SSSR count). The van der Waals surface area contributed by atoms with E-state index in [1.165, 1.54) is 25.7 Å². The highest BCUT2D eigenvalue weighted by molar-refractivity contribution is 6.01. The summed E-state index contributed by atoms with van der Waals surface area (Å²) in [6.45, 7) is 0. The Morgan fingerprint density at radius 2 is 1.77 bits per heavy atom. The minimum atomic E-state index is 0.525. The fraction of sp³-hybridized carbons (Fsp3) is 0.364. The molecule has 2 aliphatic rings. The summed E-state index contributed by atoms with van der Waals surface area (Å²) >= 11 is 0.